The predicted octanol–water partition coefficient (Wildman–Crippen LogP) is 16.9. The summed E-state index contributed by atoms with van der Waals surface area (Å²) >= 11 is 0. The van der Waals surface area contributed by atoms with Crippen LogP contribution in [-0.4, -0.2) is 24.1 Å². The van der Waals surface area contributed by atoms with Crippen LogP contribution < -0.4 is 0 Å². The largest absolute Gasteiger partial charge is 0.456 e. The molecule has 0 saturated carbocycles. The van der Waals surface area contributed by atoms with Gasteiger partial charge in [-0.05, 0) is 93.0 Å². The average molecular weight is 906 g/mol. The molecule has 6 nitrogen and oxygen atoms in total. The molecule has 6 heteroatoms. The van der Waals surface area contributed by atoms with Gasteiger partial charge in [0.05, 0.1) is 22.1 Å². The highest BCUT2D eigenvalue weighted by molar-refractivity contribution is 6.38. The second-order valence-electron chi connectivity index (χ2n) is 18.3. The first-order valence-corrected chi connectivity index (χ1v) is 24.0. The lowest BCUT2D eigenvalue weighted by molar-refractivity contribution is 0.669. The van der Waals surface area contributed by atoms with Crippen molar-refractivity contribution in [2.75, 3.05) is 0 Å². The van der Waals surface area contributed by atoms with Gasteiger partial charge in [-0.3, -0.25) is 4.57 Å². The zero-order chi connectivity index (χ0) is 46.6. The van der Waals surface area contributed by atoms with E-state index in [4.69, 9.17) is 19.4 Å². The van der Waals surface area contributed by atoms with Gasteiger partial charge in [0, 0.05) is 54.5 Å². The molecule has 0 fully saturated rings. The van der Waals surface area contributed by atoms with E-state index in [9.17, 15) is 0 Å². The summed E-state index contributed by atoms with van der Waals surface area (Å²) in [5.74, 6) is 1.67. The van der Waals surface area contributed by atoms with Gasteiger partial charge in [-0.1, -0.05) is 182 Å². The highest BCUT2D eigenvalue weighted by Crippen LogP contribution is 2.48. The van der Waals surface area contributed by atoms with E-state index in [1.807, 2.05) is 36.4 Å². The molecule has 15 aromatic rings. The molecule has 0 unspecified atom stereocenters. The van der Waals surface area contributed by atoms with Crippen molar-refractivity contribution in [1.82, 2.24) is 24.1 Å². The Morgan fingerprint density at radius 1 is 0.282 bits per heavy atom. The number of aromatic nitrogens is 5. The summed E-state index contributed by atoms with van der Waals surface area (Å²) in [5, 5.41) is 11.4. The van der Waals surface area contributed by atoms with E-state index < -0.39 is 0 Å². The highest BCUT2D eigenvalue weighted by Gasteiger charge is 2.26. The van der Waals surface area contributed by atoms with E-state index in [1.54, 1.807) is 0 Å². The van der Waals surface area contributed by atoms with E-state index >= 15 is 0 Å². The van der Waals surface area contributed by atoms with Crippen LogP contribution in [0.1, 0.15) is 0 Å². The fourth-order valence-electron chi connectivity index (χ4n) is 11.2. The SMILES string of the molecule is c1ccc(-c2cc(-c3ccccc3)cc(-n3c4ccccc4c4c5c6c7ccccc7c7ccccc7c6n(-c6nc(-c7ccccc7)nc(-c7ccc8c(c7)oc7ccccc78)n6)c5ccc43)c2)cc1. The van der Waals surface area contributed by atoms with Crippen molar-refractivity contribution in [3.05, 3.63) is 237 Å². The van der Waals surface area contributed by atoms with Gasteiger partial charge in [0.2, 0.25) is 5.95 Å². The fourth-order valence-corrected chi connectivity index (χ4v) is 11.2. The summed E-state index contributed by atoms with van der Waals surface area (Å²) < 4.78 is 11.2. The first-order chi connectivity index (χ1) is 35.2. The molecule has 0 aliphatic heterocycles. The molecule has 0 aliphatic rings. The Bertz CT molecular complexity index is 4570. The van der Waals surface area contributed by atoms with Crippen LogP contribution in [0.5, 0.6) is 0 Å². The Morgan fingerprint density at radius 3 is 1.49 bits per heavy atom. The molecule has 0 atom stereocenters. The Labute approximate surface area is 407 Å². The smallest absolute Gasteiger partial charge is 0.238 e. The second kappa shape index (κ2) is 15.4. The quantitative estimate of drug-likeness (QED) is 0.156. The van der Waals surface area contributed by atoms with Crippen LogP contribution in [0.2, 0.25) is 0 Å². The average Bonchev–Trinajstić information content (AvgIpc) is 4.12. The van der Waals surface area contributed by atoms with E-state index in [2.05, 4.69) is 209 Å². The van der Waals surface area contributed by atoms with E-state index in [0.29, 0.717) is 17.6 Å². The van der Waals surface area contributed by atoms with Crippen molar-refractivity contribution in [2.24, 2.45) is 0 Å². The van der Waals surface area contributed by atoms with Crippen LogP contribution in [0.4, 0.5) is 0 Å². The van der Waals surface area contributed by atoms with Gasteiger partial charge in [-0.2, -0.15) is 9.97 Å². The topological polar surface area (TPSA) is 61.7 Å². The Balaban J connectivity index is 1.08. The molecule has 11 aromatic carbocycles. The number of nitrogens with zero attached hydrogens (tertiary/aromatic N) is 5. The standard InChI is InChI=1S/C65H39N5O/c1-4-18-40(19-5-1)44-36-45(41-20-6-2-7-21-41)38-46(37-44)69-54-30-16-14-29-53(54)59-55(69)34-35-56-61(59)60-51-27-12-10-24-47(51)48-25-11-13-28-52(48)62(60)70(56)65-67-63(42-22-8-3-9-23-42)66-64(68-65)43-32-33-50-49-26-15-17-31-57(49)71-58(50)39-43/h1-39H. The first kappa shape index (κ1) is 39.4. The molecule has 71 heavy (non-hydrogen) atoms. The van der Waals surface area contributed by atoms with Crippen LogP contribution in [-0.2, 0) is 0 Å². The lowest BCUT2D eigenvalue weighted by Crippen LogP contribution is -2.06. The minimum absolute atomic E-state index is 0.533. The van der Waals surface area contributed by atoms with Crippen molar-refractivity contribution >= 4 is 87.1 Å². The third-order valence-corrected chi connectivity index (χ3v) is 14.3. The maximum absolute atomic E-state index is 6.43. The third kappa shape index (κ3) is 6.05. The summed E-state index contributed by atoms with van der Waals surface area (Å²) in [6, 6.07) is 84.1. The van der Waals surface area contributed by atoms with E-state index in [-0.39, 0.29) is 0 Å². The lowest BCUT2D eigenvalue weighted by atomic mass is 9.95. The van der Waals surface area contributed by atoms with Crippen molar-refractivity contribution in [2.45, 2.75) is 0 Å². The molecule has 0 radical (unpaired) electrons. The minimum atomic E-state index is 0.533. The molecule has 0 saturated heterocycles. The van der Waals surface area contributed by atoms with Crippen LogP contribution in [0.15, 0.2) is 241 Å². The molecule has 4 aromatic heterocycles. The van der Waals surface area contributed by atoms with Crippen molar-refractivity contribution in [3.8, 4) is 56.7 Å². The molecular weight excluding hydrogens is 867 g/mol. The van der Waals surface area contributed by atoms with Gasteiger partial charge < -0.3 is 8.98 Å². The number of rotatable bonds is 6. The van der Waals surface area contributed by atoms with Crippen molar-refractivity contribution in [3.63, 3.8) is 0 Å². The fraction of sp³-hybridized carbons (Fsp3) is 0. The summed E-state index contributed by atoms with van der Waals surface area (Å²) in [6.45, 7) is 0. The molecule has 0 N–H and O–H groups in total. The maximum atomic E-state index is 6.43. The molecule has 0 spiro atoms. The van der Waals surface area contributed by atoms with Gasteiger partial charge in [0.25, 0.3) is 0 Å². The zero-order valence-corrected chi connectivity index (χ0v) is 38.2. The molecule has 0 aliphatic carbocycles. The predicted molar refractivity (Wildman–Crippen MR) is 293 cm³/mol. The van der Waals surface area contributed by atoms with E-state index in [0.717, 1.165) is 98.9 Å². The minimum Gasteiger partial charge on any atom is -0.456 e. The Morgan fingerprint density at radius 2 is 0.803 bits per heavy atom. The van der Waals surface area contributed by atoms with Crippen molar-refractivity contribution in [1.29, 1.82) is 0 Å². The number of hydrogen-bond acceptors (Lipinski definition) is 4. The zero-order valence-electron chi connectivity index (χ0n) is 38.2. The van der Waals surface area contributed by atoms with E-state index in [1.165, 1.54) is 27.3 Å². The van der Waals surface area contributed by atoms with Gasteiger partial charge >= 0.3 is 0 Å². The number of furan rings is 1. The van der Waals surface area contributed by atoms with Gasteiger partial charge in [0.15, 0.2) is 11.6 Å². The summed E-state index contributed by atoms with van der Waals surface area (Å²) in [7, 11) is 0. The number of fused-ring (bicyclic) bond motifs is 15. The monoisotopic (exact) mass is 905 g/mol. The van der Waals surface area contributed by atoms with Crippen LogP contribution >= 0.6 is 0 Å². The van der Waals surface area contributed by atoms with Crippen LogP contribution in [0.25, 0.3) is 144 Å². The Kier molecular flexibility index (Phi) is 8.56. The van der Waals surface area contributed by atoms with Crippen molar-refractivity contribution < 1.29 is 4.42 Å². The van der Waals surface area contributed by atoms with Gasteiger partial charge in [0.1, 0.15) is 11.2 Å². The molecule has 0 amide bonds. The van der Waals surface area contributed by atoms with Gasteiger partial charge in [-0.15, -0.1) is 0 Å². The second-order valence-corrected chi connectivity index (χ2v) is 18.3. The summed E-state index contributed by atoms with van der Waals surface area (Å²) in [4.78, 5) is 16.1. The summed E-state index contributed by atoms with van der Waals surface area (Å²) in [6.07, 6.45) is 0. The number of hydrogen-bond donors (Lipinski definition) is 0. The first-order valence-electron chi connectivity index (χ1n) is 24.0. The van der Waals surface area contributed by atoms with Gasteiger partial charge in [-0.25, -0.2) is 4.98 Å². The summed E-state index contributed by atoms with van der Waals surface area (Å²) in [5.41, 5.74) is 13.4. The number of para-hydroxylation sites is 2. The lowest BCUT2D eigenvalue weighted by Gasteiger charge is -2.14. The maximum Gasteiger partial charge on any atom is 0.238 e. The molecule has 0 bridgehead atoms. The van der Waals surface area contributed by atoms with Crippen LogP contribution in [0.3, 0.4) is 0 Å². The molecule has 15 rings (SSSR count). The molecule has 4 heterocycles. The Hall–Kier alpha value is -9.65. The third-order valence-electron chi connectivity index (χ3n) is 14.3. The normalized spacial score (nSPS) is 11.9. The number of benzene rings is 11. The van der Waals surface area contributed by atoms with Crippen LogP contribution in [0, 0.1) is 0 Å². The molecule has 330 valence electrons. The molecular formula is C65H39N5O. The highest BCUT2D eigenvalue weighted by atomic mass is 16.3.